The maximum Gasteiger partial charge on any atom is 0.227 e. The summed E-state index contributed by atoms with van der Waals surface area (Å²) >= 11 is 1.90. The van der Waals surface area contributed by atoms with E-state index in [2.05, 4.69) is 11.6 Å². The van der Waals surface area contributed by atoms with Crippen LogP contribution in [-0.2, 0) is 4.79 Å². The largest absolute Gasteiger partial charge is 0.354 e. The number of hydrogen-bond donors (Lipinski definition) is 2. The summed E-state index contributed by atoms with van der Waals surface area (Å²) in [5, 5.41) is 3.13. The Morgan fingerprint density at radius 1 is 1.31 bits per heavy atom. The van der Waals surface area contributed by atoms with E-state index < -0.39 is 0 Å². The van der Waals surface area contributed by atoms with Crippen LogP contribution in [0.2, 0.25) is 0 Å². The van der Waals surface area contributed by atoms with Gasteiger partial charge < -0.3 is 11.1 Å². The van der Waals surface area contributed by atoms with Crippen LogP contribution >= 0.6 is 11.8 Å². The van der Waals surface area contributed by atoms with E-state index >= 15 is 0 Å². The summed E-state index contributed by atoms with van der Waals surface area (Å²) in [6.45, 7) is 1.33. The minimum Gasteiger partial charge on any atom is -0.354 e. The van der Waals surface area contributed by atoms with Crippen molar-refractivity contribution in [3.63, 3.8) is 0 Å². The quantitative estimate of drug-likeness (QED) is 0.768. The molecule has 0 atom stereocenters. The highest BCUT2D eigenvalue weighted by molar-refractivity contribution is 8.00. The maximum atomic E-state index is 12.1. The predicted molar refractivity (Wildman–Crippen MR) is 68.4 cm³/mol. The third-order valence-electron chi connectivity index (χ3n) is 4.45. The molecule has 0 aromatic heterocycles. The molecule has 0 unspecified atom stereocenters. The molecular weight excluding hydrogens is 220 g/mol. The molecule has 3 N–H and O–H groups in total. The third kappa shape index (κ3) is 1.97. The van der Waals surface area contributed by atoms with Crippen LogP contribution < -0.4 is 11.1 Å². The molecule has 2 aliphatic rings. The highest BCUT2D eigenvalue weighted by Gasteiger charge is 2.44. The van der Waals surface area contributed by atoms with Crippen molar-refractivity contribution in [3.8, 4) is 0 Å². The topological polar surface area (TPSA) is 55.1 Å². The first-order valence-electron chi connectivity index (χ1n) is 6.20. The molecule has 92 valence electrons. The summed E-state index contributed by atoms with van der Waals surface area (Å²) < 4.78 is 0.329. The molecule has 2 aliphatic carbocycles. The molecule has 1 amide bonds. The summed E-state index contributed by atoms with van der Waals surface area (Å²) in [5.41, 5.74) is 5.50. The second-order valence-electron chi connectivity index (χ2n) is 5.26. The van der Waals surface area contributed by atoms with Gasteiger partial charge in [0.1, 0.15) is 0 Å². The Morgan fingerprint density at radius 3 is 2.25 bits per heavy atom. The van der Waals surface area contributed by atoms with Gasteiger partial charge in [-0.2, -0.15) is 11.8 Å². The van der Waals surface area contributed by atoms with Gasteiger partial charge in [0.05, 0.1) is 5.41 Å². The Morgan fingerprint density at radius 2 is 1.94 bits per heavy atom. The van der Waals surface area contributed by atoms with Crippen LogP contribution in [0.3, 0.4) is 0 Å². The highest BCUT2D eigenvalue weighted by atomic mass is 32.2. The molecule has 0 aromatic carbocycles. The Balaban J connectivity index is 1.83. The summed E-state index contributed by atoms with van der Waals surface area (Å²) in [5.74, 6) is 0.196. The minimum absolute atomic E-state index is 0.196. The van der Waals surface area contributed by atoms with Gasteiger partial charge in [0.25, 0.3) is 0 Å². The smallest absolute Gasteiger partial charge is 0.227 e. The van der Waals surface area contributed by atoms with E-state index in [1.807, 2.05) is 11.8 Å². The van der Waals surface area contributed by atoms with E-state index in [9.17, 15) is 4.79 Å². The summed E-state index contributed by atoms with van der Waals surface area (Å²) in [4.78, 5) is 12.1. The number of thioether (sulfide) groups is 1. The number of rotatable bonds is 5. The fourth-order valence-corrected chi connectivity index (χ4v) is 3.49. The lowest BCUT2D eigenvalue weighted by Crippen LogP contribution is -2.54. The molecule has 0 saturated heterocycles. The van der Waals surface area contributed by atoms with Crippen molar-refractivity contribution in [1.82, 2.24) is 5.32 Å². The fraction of sp³-hybridized carbons (Fsp3) is 0.917. The average Bonchev–Trinajstić information content (AvgIpc) is 2.16. The van der Waals surface area contributed by atoms with E-state index in [-0.39, 0.29) is 11.3 Å². The molecule has 2 fully saturated rings. The molecule has 0 aliphatic heterocycles. The van der Waals surface area contributed by atoms with Crippen LogP contribution in [0, 0.1) is 5.41 Å². The van der Waals surface area contributed by atoms with E-state index in [0.29, 0.717) is 11.3 Å². The molecule has 0 bridgehead atoms. The van der Waals surface area contributed by atoms with Crippen LogP contribution in [0.15, 0.2) is 0 Å². The highest BCUT2D eigenvalue weighted by Crippen LogP contribution is 2.43. The molecule has 0 heterocycles. The molecule has 0 radical (unpaired) electrons. The zero-order valence-electron chi connectivity index (χ0n) is 10.1. The SMILES string of the molecule is CSC1(CNC(=O)C2(CN)CCC2)CCC1. The number of nitrogens with two attached hydrogens (primary N) is 1. The second-order valence-corrected chi connectivity index (χ2v) is 6.54. The van der Waals surface area contributed by atoms with Crippen molar-refractivity contribution in [3.05, 3.63) is 0 Å². The van der Waals surface area contributed by atoms with Gasteiger partial charge in [0.2, 0.25) is 5.91 Å². The summed E-state index contributed by atoms with van der Waals surface area (Å²) in [6, 6.07) is 0. The zero-order valence-corrected chi connectivity index (χ0v) is 10.9. The molecule has 3 nitrogen and oxygen atoms in total. The number of amides is 1. The summed E-state index contributed by atoms with van der Waals surface area (Å²) in [7, 11) is 0. The lowest BCUT2D eigenvalue weighted by atomic mass is 9.68. The molecule has 4 heteroatoms. The number of hydrogen-bond acceptors (Lipinski definition) is 3. The van der Waals surface area contributed by atoms with Crippen LogP contribution in [0.4, 0.5) is 0 Å². The Bertz CT molecular complexity index is 261. The van der Waals surface area contributed by atoms with Crippen molar-refractivity contribution in [1.29, 1.82) is 0 Å². The first-order chi connectivity index (χ1) is 7.66. The molecule has 0 spiro atoms. The average molecular weight is 242 g/mol. The van der Waals surface area contributed by atoms with E-state index in [4.69, 9.17) is 5.73 Å². The second kappa shape index (κ2) is 4.57. The Kier molecular flexibility index (Phi) is 3.50. The van der Waals surface area contributed by atoms with Crippen molar-refractivity contribution in [2.24, 2.45) is 11.1 Å². The minimum atomic E-state index is -0.219. The lowest BCUT2D eigenvalue weighted by Gasteiger charge is -2.43. The van der Waals surface area contributed by atoms with Crippen molar-refractivity contribution < 1.29 is 4.79 Å². The van der Waals surface area contributed by atoms with Crippen LogP contribution in [0.5, 0.6) is 0 Å². The first kappa shape index (κ1) is 12.2. The normalized spacial score (nSPS) is 25.4. The zero-order chi connectivity index (χ0) is 11.6. The van der Waals surface area contributed by atoms with E-state index in [1.165, 1.54) is 19.3 Å². The van der Waals surface area contributed by atoms with Gasteiger partial charge in [0.15, 0.2) is 0 Å². The molecule has 0 aromatic rings. The predicted octanol–water partition coefficient (Wildman–Crippen LogP) is 1.52. The standard InChI is InChI=1S/C12H22N2OS/c1-16-12(6-3-7-12)9-14-10(15)11(8-13)4-2-5-11/h2-9,13H2,1H3,(H,14,15). The number of carbonyl (C=O) groups is 1. The van der Waals surface area contributed by atoms with Crippen molar-refractivity contribution >= 4 is 17.7 Å². The van der Waals surface area contributed by atoms with Crippen molar-refractivity contribution in [2.75, 3.05) is 19.3 Å². The van der Waals surface area contributed by atoms with Crippen molar-refractivity contribution in [2.45, 2.75) is 43.3 Å². The fourth-order valence-electron chi connectivity index (χ4n) is 2.58. The molecular formula is C12H22N2OS. The van der Waals surface area contributed by atoms with Gasteiger partial charge in [-0.25, -0.2) is 0 Å². The third-order valence-corrected chi connectivity index (χ3v) is 5.87. The van der Waals surface area contributed by atoms with Gasteiger partial charge in [-0.1, -0.05) is 12.8 Å². The van der Waals surface area contributed by atoms with E-state index in [0.717, 1.165) is 25.8 Å². The van der Waals surface area contributed by atoms with Gasteiger partial charge in [0, 0.05) is 17.8 Å². The van der Waals surface area contributed by atoms with Crippen LogP contribution in [0.25, 0.3) is 0 Å². The number of carbonyl (C=O) groups excluding carboxylic acids is 1. The Labute approximate surface area is 102 Å². The van der Waals surface area contributed by atoms with Crippen LogP contribution in [0.1, 0.15) is 38.5 Å². The molecule has 2 saturated carbocycles. The van der Waals surface area contributed by atoms with E-state index in [1.54, 1.807) is 0 Å². The lowest BCUT2D eigenvalue weighted by molar-refractivity contribution is -0.135. The Hall–Kier alpha value is -0.220. The molecule has 16 heavy (non-hydrogen) atoms. The van der Waals surface area contributed by atoms with Gasteiger partial charge in [-0.15, -0.1) is 0 Å². The first-order valence-corrected chi connectivity index (χ1v) is 7.42. The summed E-state index contributed by atoms with van der Waals surface area (Å²) in [6.07, 6.45) is 9.03. The monoisotopic (exact) mass is 242 g/mol. The van der Waals surface area contributed by atoms with Gasteiger partial charge in [-0.3, -0.25) is 4.79 Å². The molecule has 2 rings (SSSR count). The maximum absolute atomic E-state index is 12.1. The number of nitrogens with one attached hydrogen (secondary N) is 1. The van der Waals surface area contributed by atoms with Gasteiger partial charge >= 0.3 is 0 Å². The van der Waals surface area contributed by atoms with Crippen LogP contribution in [-0.4, -0.2) is 30.0 Å². The van der Waals surface area contributed by atoms with Gasteiger partial charge in [-0.05, 0) is 31.9 Å².